The van der Waals surface area contributed by atoms with Gasteiger partial charge in [-0.3, -0.25) is 9.79 Å². The minimum Gasteiger partial charge on any atom is -0.287 e. The molecule has 1 heterocycles. The molecule has 2 heteroatoms. The Morgan fingerprint density at radius 1 is 1.29 bits per heavy atom. The predicted molar refractivity (Wildman–Crippen MR) is 57.0 cm³/mol. The Balaban J connectivity index is 2.22. The fourth-order valence-corrected chi connectivity index (χ4v) is 1.60. The van der Waals surface area contributed by atoms with Crippen LogP contribution in [0.2, 0.25) is 0 Å². The molecule has 0 amide bonds. The second-order valence-electron chi connectivity index (χ2n) is 3.63. The summed E-state index contributed by atoms with van der Waals surface area (Å²) in [6.45, 7) is 2.83. The largest absolute Gasteiger partial charge is 0.287 e. The summed E-state index contributed by atoms with van der Waals surface area (Å²) in [4.78, 5) is 16.0. The van der Waals surface area contributed by atoms with Crippen molar-refractivity contribution in [3.8, 4) is 0 Å². The number of hydrogen-bond acceptors (Lipinski definition) is 2. The van der Waals surface area contributed by atoms with Crippen molar-refractivity contribution in [2.24, 2.45) is 4.99 Å². The zero-order chi connectivity index (χ0) is 9.97. The number of aliphatic imine (C=N–C) groups is 1. The lowest BCUT2D eigenvalue weighted by Gasteiger charge is -2.00. The molecule has 0 spiro atoms. The summed E-state index contributed by atoms with van der Waals surface area (Å²) in [5.41, 5.74) is 2.68. The number of rotatable bonds is 2. The van der Waals surface area contributed by atoms with E-state index >= 15 is 0 Å². The molecule has 0 aliphatic carbocycles. The monoisotopic (exact) mass is 187 g/mol. The second kappa shape index (κ2) is 3.74. The van der Waals surface area contributed by atoms with Crippen molar-refractivity contribution in [3.63, 3.8) is 0 Å². The quantitative estimate of drug-likeness (QED) is 0.654. The molecule has 0 unspecified atom stereocenters. The molecule has 1 aliphatic heterocycles. The van der Waals surface area contributed by atoms with Gasteiger partial charge in [-0.2, -0.15) is 0 Å². The molecular formula is C12H13NO. The Bertz CT molecular complexity index is 376. The SMILES string of the molecule is Cc1ccc(C(=O)C2=NCCC2)cc1. The van der Waals surface area contributed by atoms with Crippen LogP contribution in [-0.4, -0.2) is 18.0 Å². The lowest BCUT2D eigenvalue weighted by Crippen LogP contribution is -2.11. The van der Waals surface area contributed by atoms with Gasteiger partial charge in [-0.25, -0.2) is 0 Å². The van der Waals surface area contributed by atoms with Gasteiger partial charge in [-0.1, -0.05) is 29.8 Å². The van der Waals surface area contributed by atoms with E-state index in [-0.39, 0.29) is 5.78 Å². The molecule has 0 bridgehead atoms. The Labute approximate surface area is 83.7 Å². The van der Waals surface area contributed by atoms with Crippen LogP contribution in [0.3, 0.4) is 0 Å². The number of Topliss-reactive ketones (excluding diaryl/α,β-unsaturated/α-hetero) is 1. The zero-order valence-electron chi connectivity index (χ0n) is 8.29. The summed E-state index contributed by atoms with van der Waals surface area (Å²) >= 11 is 0. The molecule has 0 fully saturated rings. The molecule has 1 aromatic rings. The van der Waals surface area contributed by atoms with E-state index in [1.54, 1.807) is 0 Å². The van der Waals surface area contributed by atoms with E-state index in [0.717, 1.165) is 30.7 Å². The number of nitrogens with zero attached hydrogens (tertiary/aromatic N) is 1. The first-order chi connectivity index (χ1) is 6.77. The standard InChI is InChI=1S/C12H13NO/c1-9-4-6-10(7-5-9)12(14)11-3-2-8-13-11/h4-7H,2-3,8H2,1H3. The molecule has 0 atom stereocenters. The third kappa shape index (κ3) is 1.74. The molecular weight excluding hydrogens is 174 g/mol. The van der Waals surface area contributed by atoms with Gasteiger partial charge in [-0.05, 0) is 19.8 Å². The predicted octanol–water partition coefficient (Wildman–Crippen LogP) is 2.41. The number of carbonyl (C=O) groups is 1. The van der Waals surface area contributed by atoms with Gasteiger partial charge in [-0.15, -0.1) is 0 Å². The van der Waals surface area contributed by atoms with E-state index in [4.69, 9.17) is 0 Å². The first kappa shape index (κ1) is 9.13. The van der Waals surface area contributed by atoms with Crippen LogP contribution in [0.4, 0.5) is 0 Å². The topological polar surface area (TPSA) is 29.4 Å². The van der Waals surface area contributed by atoms with Gasteiger partial charge in [0.05, 0.1) is 5.71 Å². The normalized spacial score (nSPS) is 15.4. The highest BCUT2D eigenvalue weighted by atomic mass is 16.1. The van der Waals surface area contributed by atoms with Crippen molar-refractivity contribution in [1.82, 2.24) is 0 Å². The lowest BCUT2D eigenvalue weighted by molar-refractivity contribution is 0.106. The number of aryl methyl sites for hydroxylation is 1. The Morgan fingerprint density at radius 2 is 2.00 bits per heavy atom. The fourth-order valence-electron chi connectivity index (χ4n) is 1.60. The smallest absolute Gasteiger partial charge is 0.206 e. The first-order valence-electron chi connectivity index (χ1n) is 4.92. The van der Waals surface area contributed by atoms with Crippen LogP contribution in [-0.2, 0) is 0 Å². The molecule has 1 aliphatic rings. The van der Waals surface area contributed by atoms with Crippen molar-refractivity contribution >= 4 is 11.5 Å². The first-order valence-corrected chi connectivity index (χ1v) is 4.92. The molecule has 72 valence electrons. The van der Waals surface area contributed by atoms with Crippen LogP contribution in [0.15, 0.2) is 29.3 Å². The molecule has 0 saturated carbocycles. The van der Waals surface area contributed by atoms with Gasteiger partial charge in [0, 0.05) is 12.1 Å². The second-order valence-corrected chi connectivity index (χ2v) is 3.63. The number of hydrogen-bond donors (Lipinski definition) is 0. The molecule has 0 saturated heterocycles. The molecule has 14 heavy (non-hydrogen) atoms. The minimum atomic E-state index is 0.0995. The third-order valence-electron chi connectivity index (χ3n) is 2.45. The van der Waals surface area contributed by atoms with Crippen molar-refractivity contribution in [2.75, 3.05) is 6.54 Å². The van der Waals surface area contributed by atoms with E-state index in [1.807, 2.05) is 31.2 Å². The van der Waals surface area contributed by atoms with Crippen LogP contribution < -0.4 is 0 Å². The zero-order valence-corrected chi connectivity index (χ0v) is 8.29. The molecule has 2 nitrogen and oxygen atoms in total. The number of benzene rings is 1. The van der Waals surface area contributed by atoms with E-state index in [2.05, 4.69) is 4.99 Å². The highest BCUT2D eigenvalue weighted by molar-refractivity contribution is 6.46. The van der Waals surface area contributed by atoms with Crippen molar-refractivity contribution in [3.05, 3.63) is 35.4 Å². The van der Waals surface area contributed by atoms with Crippen LogP contribution in [0, 0.1) is 6.92 Å². The summed E-state index contributed by atoms with van der Waals surface area (Å²) < 4.78 is 0. The Morgan fingerprint density at radius 3 is 2.57 bits per heavy atom. The van der Waals surface area contributed by atoms with Crippen LogP contribution in [0.25, 0.3) is 0 Å². The number of carbonyl (C=O) groups excluding carboxylic acids is 1. The van der Waals surface area contributed by atoms with Gasteiger partial charge in [0.15, 0.2) is 0 Å². The van der Waals surface area contributed by atoms with E-state index in [0.29, 0.717) is 0 Å². The van der Waals surface area contributed by atoms with Crippen molar-refractivity contribution in [2.45, 2.75) is 19.8 Å². The van der Waals surface area contributed by atoms with Crippen LogP contribution >= 0.6 is 0 Å². The van der Waals surface area contributed by atoms with Gasteiger partial charge in [0.1, 0.15) is 0 Å². The average Bonchev–Trinajstić information content (AvgIpc) is 2.71. The minimum absolute atomic E-state index is 0.0995. The number of ketones is 1. The van der Waals surface area contributed by atoms with E-state index in [1.165, 1.54) is 5.56 Å². The molecule has 0 radical (unpaired) electrons. The molecule has 0 N–H and O–H groups in total. The maximum absolute atomic E-state index is 11.8. The summed E-state index contributed by atoms with van der Waals surface area (Å²) in [5.74, 6) is 0.0995. The molecule has 0 aromatic heterocycles. The highest BCUT2D eigenvalue weighted by Gasteiger charge is 2.16. The maximum atomic E-state index is 11.8. The van der Waals surface area contributed by atoms with E-state index < -0.39 is 0 Å². The van der Waals surface area contributed by atoms with Gasteiger partial charge < -0.3 is 0 Å². The van der Waals surface area contributed by atoms with Crippen LogP contribution in [0.5, 0.6) is 0 Å². The maximum Gasteiger partial charge on any atom is 0.206 e. The third-order valence-corrected chi connectivity index (χ3v) is 2.45. The lowest BCUT2D eigenvalue weighted by atomic mass is 10.0. The Kier molecular flexibility index (Phi) is 2.44. The summed E-state index contributed by atoms with van der Waals surface area (Å²) in [7, 11) is 0. The Hall–Kier alpha value is -1.44. The summed E-state index contributed by atoms with van der Waals surface area (Å²) in [6.07, 6.45) is 1.86. The van der Waals surface area contributed by atoms with Gasteiger partial charge >= 0.3 is 0 Å². The molecule has 1 aromatic carbocycles. The average molecular weight is 187 g/mol. The van der Waals surface area contributed by atoms with E-state index in [9.17, 15) is 4.79 Å². The summed E-state index contributed by atoms with van der Waals surface area (Å²) in [6, 6.07) is 7.67. The van der Waals surface area contributed by atoms with Crippen molar-refractivity contribution < 1.29 is 4.79 Å². The summed E-state index contributed by atoms with van der Waals surface area (Å²) in [5, 5.41) is 0. The van der Waals surface area contributed by atoms with Gasteiger partial charge in [0.25, 0.3) is 0 Å². The molecule has 2 rings (SSSR count). The highest BCUT2D eigenvalue weighted by Crippen LogP contribution is 2.11. The van der Waals surface area contributed by atoms with Gasteiger partial charge in [0.2, 0.25) is 5.78 Å². The fraction of sp³-hybridized carbons (Fsp3) is 0.333. The van der Waals surface area contributed by atoms with Crippen LogP contribution in [0.1, 0.15) is 28.8 Å². The van der Waals surface area contributed by atoms with Crippen molar-refractivity contribution in [1.29, 1.82) is 0 Å².